The summed E-state index contributed by atoms with van der Waals surface area (Å²) >= 11 is 0. The Bertz CT molecular complexity index is 1090. The Kier molecular flexibility index (Phi) is 3.80. The van der Waals surface area contributed by atoms with Crippen LogP contribution in [-0.2, 0) is 20.1 Å². The van der Waals surface area contributed by atoms with Crippen molar-refractivity contribution in [3.8, 4) is 0 Å². The van der Waals surface area contributed by atoms with E-state index < -0.39 is 6.10 Å². The number of pyridine rings is 1. The number of carbonyl (C=O) groups is 1. The zero-order chi connectivity index (χ0) is 19.6. The third-order valence-corrected chi connectivity index (χ3v) is 5.80. The van der Waals surface area contributed by atoms with Crippen LogP contribution in [0.5, 0.6) is 0 Å². The molecule has 0 aromatic carbocycles. The summed E-state index contributed by atoms with van der Waals surface area (Å²) in [6.07, 6.45) is 1.65. The lowest BCUT2D eigenvalue weighted by molar-refractivity contribution is 0.0707. The molecule has 1 N–H and O–H groups in total. The lowest BCUT2D eigenvalue weighted by Gasteiger charge is -2.28. The maximum absolute atomic E-state index is 13.4. The van der Waals surface area contributed by atoms with E-state index in [2.05, 4.69) is 15.2 Å². The number of rotatable bonds is 3. The van der Waals surface area contributed by atoms with Crippen molar-refractivity contribution in [3.63, 3.8) is 0 Å². The van der Waals surface area contributed by atoms with Crippen LogP contribution in [0.15, 0.2) is 12.1 Å². The smallest absolute Gasteiger partial charge is 0.255 e. The van der Waals surface area contributed by atoms with Gasteiger partial charge in [-0.2, -0.15) is 10.2 Å². The summed E-state index contributed by atoms with van der Waals surface area (Å²) in [5.74, 6) is 0.333. The molecule has 8 nitrogen and oxygen atoms in total. The molecule has 146 valence electrons. The summed E-state index contributed by atoms with van der Waals surface area (Å²) < 4.78 is 3.65. The highest BCUT2D eigenvalue weighted by Crippen LogP contribution is 2.40. The molecule has 0 unspecified atom stereocenters. The van der Waals surface area contributed by atoms with Crippen molar-refractivity contribution in [1.29, 1.82) is 0 Å². The van der Waals surface area contributed by atoms with E-state index in [0.717, 1.165) is 46.7 Å². The van der Waals surface area contributed by atoms with Crippen LogP contribution in [-0.4, -0.2) is 47.0 Å². The Labute approximate surface area is 162 Å². The average molecular weight is 380 g/mol. The van der Waals surface area contributed by atoms with Crippen LogP contribution in [0.25, 0.3) is 11.0 Å². The fraction of sp³-hybridized carbons (Fsp3) is 0.500. The van der Waals surface area contributed by atoms with Gasteiger partial charge in [-0.25, -0.2) is 4.98 Å². The molecule has 1 aliphatic heterocycles. The van der Waals surface area contributed by atoms with Crippen LogP contribution in [0.4, 0.5) is 0 Å². The number of carbonyl (C=O) groups excluding carboxylic acids is 1. The Morgan fingerprint density at radius 2 is 2.00 bits per heavy atom. The van der Waals surface area contributed by atoms with Crippen LogP contribution in [0.3, 0.4) is 0 Å². The second-order valence-corrected chi connectivity index (χ2v) is 8.01. The molecular formula is C20H24N6O2. The van der Waals surface area contributed by atoms with Crippen molar-refractivity contribution >= 4 is 16.9 Å². The molecule has 1 saturated carbocycles. The number of nitrogens with zero attached hydrogens (tertiary/aromatic N) is 6. The first kappa shape index (κ1) is 17.4. The van der Waals surface area contributed by atoms with Crippen LogP contribution >= 0.6 is 0 Å². The Morgan fingerprint density at radius 1 is 1.21 bits per heavy atom. The van der Waals surface area contributed by atoms with Gasteiger partial charge in [-0.1, -0.05) is 0 Å². The number of amides is 1. The van der Waals surface area contributed by atoms with Crippen molar-refractivity contribution in [3.05, 3.63) is 40.5 Å². The molecule has 1 fully saturated rings. The van der Waals surface area contributed by atoms with Crippen molar-refractivity contribution in [2.45, 2.75) is 45.9 Å². The van der Waals surface area contributed by atoms with E-state index in [4.69, 9.17) is 0 Å². The molecule has 3 aromatic heterocycles. The van der Waals surface area contributed by atoms with Crippen LogP contribution < -0.4 is 0 Å². The molecule has 0 spiro atoms. The van der Waals surface area contributed by atoms with Gasteiger partial charge < -0.3 is 10.0 Å². The van der Waals surface area contributed by atoms with Crippen molar-refractivity contribution in [2.24, 2.45) is 13.0 Å². The second kappa shape index (κ2) is 6.13. The van der Waals surface area contributed by atoms with Gasteiger partial charge in [0.15, 0.2) is 5.65 Å². The second-order valence-electron chi connectivity index (χ2n) is 8.01. The minimum Gasteiger partial charge on any atom is -0.386 e. The predicted octanol–water partition coefficient (Wildman–Crippen LogP) is 1.88. The summed E-state index contributed by atoms with van der Waals surface area (Å²) in [6, 6.07) is 3.80. The lowest BCUT2D eigenvalue weighted by atomic mass is 10.1. The fourth-order valence-corrected chi connectivity index (χ4v) is 4.17. The van der Waals surface area contributed by atoms with Gasteiger partial charge in [0, 0.05) is 19.3 Å². The summed E-state index contributed by atoms with van der Waals surface area (Å²) in [5, 5.41) is 20.2. The van der Waals surface area contributed by atoms with E-state index in [1.54, 1.807) is 4.68 Å². The van der Waals surface area contributed by atoms with Crippen LogP contribution in [0.1, 0.15) is 52.1 Å². The molecule has 2 aliphatic rings. The number of aliphatic hydroxyl groups is 1. The molecule has 1 amide bonds. The number of aromatic nitrogens is 5. The van der Waals surface area contributed by atoms with Crippen molar-refractivity contribution in [1.82, 2.24) is 29.4 Å². The minimum absolute atomic E-state index is 0.0108. The van der Waals surface area contributed by atoms with E-state index in [0.29, 0.717) is 31.1 Å². The number of aliphatic hydroxyl groups excluding tert-OH is 1. The zero-order valence-electron chi connectivity index (χ0n) is 16.4. The monoisotopic (exact) mass is 380 g/mol. The first-order valence-electron chi connectivity index (χ1n) is 9.77. The summed E-state index contributed by atoms with van der Waals surface area (Å²) in [5.41, 5.74) is 4.70. The fourth-order valence-electron chi connectivity index (χ4n) is 4.17. The van der Waals surface area contributed by atoms with E-state index in [9.17, 15) is 9.90 Å². The molecule has 0 bridgehead atoms. The first-order chi connectivity index (χ1) is 13.4. The molecule has 3 aromatic rings. The SMILES string of the molecule is Cc1cc(C(=O)N2CCn3nc([C@@H](O)C4CC4)cc3C2)c2c(C)nn(C)c2n1. The van der Waals surface area contributed by atoms with Crippen LogP contribution in [0, 0.1) is 19.8 Å². The quantitative estimate of drug-likeness (QED) is 0.749. The molecule has 1 aliphatic carbocycles. The van der Waals surface area contributed by atoms with Gasteiger partial charge in [0.25, 0.3) is 5.91 Å². The molecule has 8 heteroatoms. The van der Waals surface area contributed by atoms with Gasteiger partial charge in [-0.05, 0) is 44.7 Å². The topological polar surface area (TPSA) is 89.1 Å². The maximum Gasteiger partial charge on any atom is 0.255 e. The normalized spacial score (nSPS) is 17.8. The molecule has 5 rings (SSSR count). The number of hydrogen-bond donors (Lipinski definition) is 1. The highest BCUT2D eigenvalue weighted by Gasteiger charge is 2.34. The van der Waals surface area contributed by atoms with E-state index in [-0.39, 0.29) is 5.91 Å². The van der Waals surface area contributed by atoms with E-state index in [1.165, 1.54) is 0 Å². The molecule has 0 radical (unpaired) electrons. The molecule has 0 saturated heterocycles. The average Bonchev–Trinajstić information content (AvgIpc) is 3.37. The van der Waals surface area contributed by atoms with E-state index in [1.807, 2.05) is 42.6 Å². The molecular weight excluding hydrogens is 356 g/mol. The minimum atomic E-state index is -0.484. The van der Waals surface area contributed by atoms with Gasteiger partial charge in [-0.3, -0.25) is 14.2 Å². The summed E-state index contributed by atoms with van der Waals surface area (Å²) in [6.45, 7) is 5.53. The van der Waals surface area contributed by atoms with Gasteiger partial charge in [0.2, 0.25) is 0 Å². The summed E-state index contributed by atoms with van der Waals surface area (Å²) in [4.78, 5) is 19.8. The number of fused-ring (bicyclic) bond motifs is 2. The van der Waals surface area contributed by atoms with Crippen molar-refractivity contribution in [2.75, 3.05) is 6.54 Å². The van der Waals surface area contributed by atoms with Gasteiger partial charge >= 0.3 is 0 Å². The van der Waals surface area contributed by atoms with Gasteiger partial charge in [0.05, 0.1) is 41.1 Å². The number of hydrogen-bond acceptors (Lipinski definition) is 5. The highest BCUT2D eigenvalue weighted by atomic mass is 16.3. The standard InChI is InChI=1S/C20H24N6O2/c1-11-8-15(17-12(2)22-24(3)19(17)21-11)20(28)25-6-7-26-14(10-25)9-16(23-26)18(27)13-4-5-13/h8-9,13,18,27H,4-7,10H2,1-3H3/t18-/m0/s1. The molecule has 4 heterocycles. The summed E-state index contributed by atoms with van der Waals surface area (Å²) in [7, 11) is 1.85. The largest absolute Gasteiger partial charge is 0.386 e. The Balaban J connectivity index is 1.47. The highest BCUT2D eigenvalue weighted by molar-refractivity contribution is 6.06. The first-order valence-corrected chi connectivity index (χ1v) is 9.77. The lowest BCUT2D eigenvalue weighted by Crippen LogP contribution is -2.38. The third-order valence-electron chi connectivity index (χ3n) is 5.80. The van der Waals surface area contributed by atoms with Crippen molar-refractivity contribution < 1.29 is 9.90 Å². The Morgan fingerprint density at radius 3 is 2.75 bits per heavy atom. The van der Waals surface area contributed by atoms with Crippen LogP contribution in [0.2, 0.25) is 0 Å². The molecule has 28 heavy (non-hydrogen) atoms. The number of aryl methyl sites for hydroxylation is 3. The van der Waals surface area contributed by atoms with Gasteiger partial charge in [-0.15, -0.1) is 0 Å². The zero-order valence-corrected chi connectivity index (χ0v) is 16.4. The predicted molar refractivity (Wildman–Crippen MR) is 103 cm³/mol. The maximum atomic E-state index is 13.4. The van der Waals surface area contributed by atoms with Gasteiger partial charge in [0.1, 0.15) is 6.10 Å². The molecule has 1 atom stereocenters. The van der Waals surface area contributed by atoms with E-state index >= 15 is 0 Å². The third kappa shape index (κ3) is 2.71. The Hall–Kier alpha value is -2.74.